The highest BCUT2D eigenvalue weighted by Crippen LogP contribution is 2.44. The normalized spacial score (nSPS) is 15.1. The van der Waals surface area contributed by atoms with Crippen LogP contribution in [0.2, 0.25) is 5.02 Å². The number of nitriles is 1. The molecule has 0 aromatic heterocycles. The van der Waals surface area contributed by atoms with Gasteiger partial charge in [-0.15, -0.1) is 0 Å². The van der Waals surface area contributed by atoms with Crippen LogP contribution in [0.15, 0.2) is 95.5 Å². The first kappa shape index (κ1) is 27.2. The standard InChI is InChI=1S/C29H23ClFN3O5/c1-37-28(35)25-24(18-8-4-3-5-9-18)21(15-32)27(33)34(26(25)29(36)38-2)20-11-12-23(22(30)14-20)39-16-17-7-6-10-19(31)13-17/h3-14,24H,16,33H2,1-2H3. The first-order valence-corrected chi connectivity index (χ1v) is 12.0. The monoisotopic (exact) mass is 547 g/mol. The molecule has 3 aromatic rings. The van der Waals surface area contributed by atoms with Gasteiger partial charge in [0.1, 0.15) is 29.7 Å². The third-order valence-electron chi connectivity index (χ3n) is 6.07. The van der Waals surface area contributed by atoms with E-state index >= 15 is 0 Å². The largest absolute Gasteiger partial charge is 0.487 e. The Hall–Kier alpha value is -4.81. The average molecular weight is 548 g/mol. The summed E-state index contributed by atoms with van der Waals surface area (Å²) in [5, 5.41) is 10.3. The third-order valence-corrected chi connectivity index (χ3v) is 6.36. The molecule has 0 amide bonds. The molecule has 1 unspecified atom stereocenters. The Morgan fingerprint density at radius 1 is 1.03 bits per heavy atom. The number of ether oxygens (including phenoxy) is 3. The number of halogens is 2. The predicted octanol–water partition coefficient (Wildman–Crippen LogP) is 4.96. The van der Waals surface area contributed by atoms with Gasteiger partial charge in [-0.1, -0.05) is 54.1 Å². The molecule has 0 bridgehead atoms. The van der Waals surface area contributed by atoms with Crippen molar-refractivity contribution in [2.75, 3.05) is 19.1 Å². The first-order chi connectivity index (χ1) is 18.8. The Kier molecular flexibility index (Phi) is 8.18. The van der Waals surface area contributed by atoms with Crippen molar-refractivity contribution in [3.8, 4) is 11.8 Å². The molecule has 8 nitrogen and oxygen atoms in total. The molecule has 0 saturated carbocycles. The van der Waals surface area contributed by atoms with Gasteiger partial charge in [-0.25, -0.2) is 14.0 Å². The van der Waals surface area contributed by atoms with Gasteiger partial charge in [0.05, 0.1) is 42.4 Å². The number of rotatable bonds is 7. The maximum absolute atomic E-state index is 13.5. The van der Waals surface area contributed by atoms with Crippen molar-refractivity contribution >= 4 is 29.2 Å². The van der Waals surface area contributed by atoms with Crippen molar-refractivity contribution in [2.45, 2.75) is 12.5 Å². The predicted molar refractivity (Wildman–Crippen MR) is 142 cm³/mol. The SMILES string of the molecule is COC(=O)C1=C(C(=O)OC)N(c2ccc(OCc3cccc(F)c3)c(Cl)c2)C(N)=C(C#N)C1c1ccccc1. The maximum Gasteiger partial charge on any atom is 0.355 e. The number of nitrogens with zero attached hydrogens (tertiary/aromatic N) is 2. The van der Waals surface area contributed by atoms with Crippen LogP contribution in [0.5, 0.6) is 5.75 Å². The van der Waals surface area contributed by atoms with Gasteiger partial charge >= 0.3 is 11.9 Å². The summed E-state index contributed by atoms with van der Waals surface area (Å²) in [4.78, 5) is 27.5. The van der Waals surface area contributed by atoms with E-state index in [1.54, 1.807) is 48.5 Å². The average Bonchev–Trinajstić information content (AvgIpc) is 2.95. The third kappa shape index (κ3) is 5.42. The van der Waals surface area contributed by atoms with Crippen molar-refractivity contribution in [1.82, 2.24) is 0 Å². The van der Waals surface area contributed by atoms with Crippen LogP contribution >= 0.6 is 11.6 Å². The van der Waals surface area contributed by atoms with E-state index in [0.717, 1.165) is 7.11 Å². The Morgan fingerprint density at radius 3 is 2.36 bits per heavy atom. The fraction of sp³-hybridized carbons (Fsp3) is 0.138. The van der Waals surface area contributed by atoms with Gasteiger partial charge in [0, 0.05) is 5.69 Å². The van der Waals surface area contributed by atoms with Crippen molar-refractivity contribution in [1.29, 1.82) is 5.26 Å². The van der Waals surface area contributed by atoms with Crippen LogP contribution < -0.4 is 15.4 Å². The van der Waals surface area contributed by atoms with Gasteiger partial charge in [0.25, 0.3) is 0 Å². The van der Waals surface area contributed by atoms with Gasteiger partial charge in [-0.3, -0.25) is 4.90 Å². The number of carbonyl (C=O) groups excluding carboxylic acids is 2. The van der Waals surface area contributed by atoms with Gasteiger partial charge in [0.2, 0.25) is 0 Å². The molecule has 2 N–H and O–H groups in total. The number of hydrogen-bond acceptors (Lipinski definition) is 8. The summed E-state index contributed by atoms with van der Waals surface area (Å²) in [6, 6.07) is 21.3. The summed E-state index contributed by atoms with van der Waals surface area (Å²) >= 11 is 6.50. The second-order valence-electron chi connectivity index (χ2n) is 8.37. The van der Waals surface area contributed by atoms with Crippen LogP contribution in [0, 0.1) is 17.1 Å². The molecule has 3 aromatic carbocycles. The second-order valence-corrected chi connectivity index (χ2v) is 8.78. The second kappa shape index (κ2) is 11.7. The highest BCUT2D eigenvalue weighted by Gasteiger charge is 2.43. The molecule has 1 atom stereocenters. The molecule has 198 valence electrons. The van der Waals surface area contributed by atoms with Crippen LogP contribution in [-0.2, 0) is 25.7 Å². The number of nitrogens with two attached hydrogens (primary N) is 1. The summed E-state index contributed by atoms with van der Waals surface area (Å²) in [7, 11) is 2.34. The molecule has 0 aliphatic carbocycles. The summed E-state index contributed by atoms with van der Waals surface area (Å²) in [5.41, 5.74) is 7.59. The van der Waals surface area contributed by atoms with Crippen molar-refractivity contribution in [3.63, 3.8) is 0 Å². The number of hydrogen-bond donors (Lipinski definition) is 1. The van der Waals surface area contributed by atoms with E-state index < -0.39 is 23.7 Å². The minimum absolute atomic E-state index is 0.0248. The lowest BCUT2D eigenvalue weighted by atomic mass is 9.81. The zero-order chi connectivity index (χ0) is 28.1. The van der Waals surface area contributed by atoms with Gasteiger partial charge < -0.3 is 19.9 Å². The van der Waals surface area contributed by atoms with Crippen LogP contribution in [0.25, 0.3) is 0 Å². The molecule has 1 aliphatic rings. The lowest BCUT2D eigenvalue weighted by molar-refractivity contribution is -0.139. The highest BCUT2D eigenvalue weighted by molar-refractivity contribution is 6.32. The van der Waals surface area contributed by atoms with E-state index in [-0.39, 0.29) is 45.7 Å². The number of methoxy groups -OCH3 is 2. The van der Waals surface area contributed by atoms with Gasteiger partial charge in [-0.05, 0) is 41.5 Å². The molecular weight excluding hydrogens is 525 g/mol. The summed E-state index contributed by atoms with van der Waals surface area (Å²) in [5.74, 6) is -2.91. The molecule has 0 saturated heterocycles. The van der Waals surface area contributed by atoms with Crippen molar-refractivity contribution in [3.05, 3.63) is 117 Å². The van der Waals surface area contributed by atoms with Crippen LogP contribution in [0.4, 0.5) is 10.1 Å². The van der Waals surface area contributed by atoms with E-state index in [0.29, 0.717) is 11.1 Å². The lowest BCUT2D eigenvalue weighted by Gasteiger charge is -2.36. The fourth-order valence-corrected chi connectivity index (χ4v) is 4.54. The van der Waals surface area contributed by atoms with Crippen molar-refractivity contribution < 1.29 is 28.2 Å². The molecule has 0 radical (unpaired) electrons. The molecule has 0 spiro atoms. The molecule has 4 rings (SSSR count). The van der Waals surface area contributed by atoms with E-state index in [4.69, 9.17) is 31.5 Å². The zero-order valence-electron chi connectivity index (χ0n) is 21.0. The number of carbonyl (C=O) groups is 2. The smallest absolute Gasteiger partial charge is 0.355 e. The molecule has 0 fully saturated rings. The van der Waals surface area contributed by atoms with Crippen LogP contribution in [0.1, 0.15) is 17.0 Å². The molecule has 39 heavy (non-hydrogen) atoms. The number of allylic oxidation sites excluding steroid dienone is 1. The summed E-state index contributed by atoms with van der Waals surface area (Å²) < 4.78 is 29.3. The number of benzene rings is 3. The first-order valence-electron chi connectivity index (χ1n) is 11.6. The Bertz CT molecular complexity index is 1530. The Balaban J connectivity index is 1.83. The fourth-order valence-electron chi connectivity index (χ4n) is 4.32. The van der Waals surface area contributed by atoms with Crippen LogP contribution in [-0.4, -0.2) is 26.2 Å². The molecule has 10 heteroatoms. The van der Waals surface area contributed by atoms with E-state index in [2.05, 4.69) is 6.07 Å². The molecule has 1 heterocycles. The van der Waals surface area contributed by atoms with Crippen molar-refractivity contribution in [2.24, 2.45) is 5.73 Å². The van der Waals surface area contributed by atoms with E-state index in [1.165, 1.54) is 36.3 Å². The zero-order valence-corrected chi connectivity index (χ0v) is 21.7. The van der Waals surface area contributed by atoms with E-state index in [9.17, 15) is 19.2 Å². The maximum atomic E-state index is 13.5. The highest BCUT2D eigenvalue weighted by atomic mass is 35.5. The topological polar surface area (TPSA) is 115 Å². The minimum atomic E-state index is -0.988. The molecular formula is C29H23ClFN3O5. The van der Waals surface area contributed by atoms with E-state index in [1.807, 2.05) is 0 Å². The summed E-state index contributed by atoms with van der Waals surface area (Å²) in [6.07, 6.45) is 0. The number of esters is 2. The lowest BCUT2D eigenvalue weighted by Crippen LogP contribution is -2.40. The minimum Gasteiger partial charge on any atom is -0.487 e. The Labute approximate surface area is 229 Å². The summed E-state index contributed by atoms with van der Waals surface area (Å²) in [6.45, 7) is 0.0553. The van der Waals surface area contributed by atoms with Crippen LogP contribution in [0.3, 0.4) is 0 Å². The van der Waals surface area contributed by atoms with Gasteiger partial charge in [0.15, 0.2) is 0 Å². The molecule has 1 aliphatic heterocycles. The van der Waals surface area contributed by atoms with Gasteiger partial charge in [-0.2, -0.15) is 5.26 Å². The quantitative estimate of drug-likeness (QED) is 0.413. The number of anilines is 1. The Morgan fingerprint density at radius 2 is 1.74 bits per heavy atom.